The van der Waals surface area contributed by atoms with Gasteiger partial charge in [0.05, 0.1) is 6.10 Å². The van der Waals surface area contributed by atoms with E-state index in [1.54, 1.807) is 7.11 Å². The van der Waals surface area contributed by atoms with Crippen LogP contribution in [0, 0.1) is 0 Å². The number of hydrogen-bond donors (Lipinski definition) is 1. The van der Waals surface area contributed by atoms with E-state index in [1.165, 1.54) is 0 Å². The third-order valence-corrected chi connectivity index (χ3v) is 2.83. The van der Waals surface area contributed by atoms with Gasteiger partial charge in [-0.25, -0.2) is 0 Å². The quantitative estimate of drug-likeness (QED) is 0.906. The van der Waals surface area contributed by atoms with Gasteiger partial charge in [0, 0.05) is 23.2 Å². The van der Waals surface area contributed by atoms with Gasteiger partial charge in [0.2, 0.25) is 0 Å². The van der Waals surface area contributed by atoms with Gasteiger partial charge >= 0.3 is 0 Å². The Hall–Kier alpha value is -0.580. The molecule has 90 valence electrons. The van der Waals surface area contributed by atoms with E-state index in [0.29, 0.717) is 6.61 Å². The van der Waals surface area contributed by atoms with Crippen LogP contribution in [0.4, 0.5) is 0 Å². The van der Waals surface area contributed by atoms with Crippen molar-refractivity contribution in [2.75, 3.05) is 13.7 Å². The van der Waals surface area contributed by atoms with Crippen LogP contribution in [-0.2, 0) is 4.74 Å². The van der Waals surface area contributed by atoms with Crippen molar-refractivity contribution in [3.63, 3.8) is 0 Å². The minimum Gasteiger partial charge on any atom is -0.491 e. The molecule has 0 saturated carbocycles. The highest BCUT2D eigenvalue weighted by molar-refractivity contribution is 9.10. The minimum absolute atomic E-state index is 0.0506. The Morgan fingerprint density at radius 1 is 1.38 bits per heavy atom. The molecule has 0 fully saturated rings. The fourth-order valence-electron chi connectivity index (χ4n) is 1.28. The van der Waals surface area contributed by atoms with Crippen LogP contribution in [0.25, 0.3) is 0 Å². The normalized spacial score (nSPS) is 14.6. The first-order valence-corrected chi connectivity index (χ1v) is 6.04. The summed E-state index contributed by atoms with van der Waals surface area (Å²) in [4.78, 5) is 0. The lowest BCUT2D eigenvalue weighted by atomic mass is 10.1. The maximum absolute atomic E-state index is 5.89. The molecular weight excluding hydrogens is 270 g/mol. The van der Waals surface area contributed by atoms with Gasteiger partial charge in [-0.3, -0.25) is 0 Å². The molecule has 0 aliphatic carbocycles. The summed E-state index contributed by atoms with van der Waals surface area (Å²) in [5, 5.41) is 0. The molecule has 0 saturated heterocycles. The molecule has 1 rings (SSSR count). The fourth-order valence-corrected chi connectivity index (χ4v) is 1.66. The van der Waals surface area contributed by atoms with E-state index < -0.39 is 0 Å². The Balaban J connectivity index is 2.78. The molecule has 3 nitrogen and oxygen atoms in total. The Bertz CT molecular complexity index is 342. The lowest BCUT2D eigenvalue weighted by Crippen LogP contribution is -2.17. The Morgan fingerprint density at radius 2 is 2.06 bits per heavy atom. The molecule has 4 heteroatoms. The molecule has 0 aliphatic rings. The predicted molar refractivity (Wildman–Crippen MR) is 68.7 cm³/mol. The van der Waals surface area contributed by atoms with E-state index in [0.717, 1.165) is 15.8 Å². The second-order valence-electron chi connectivity index (χ2n) is 3.83. The molecule has 0 bridgehead atoms. The van der Waals surface area contributed by atoms with Crippen molar-refractivity contribution < 1.29 is 9.47 Å². The molecule has 16 heavy (non-hydrogen) atoms. The SMILES string of the molecule is COC(C)COc1ccc(Br)cc1[C@H](C)N. The largest absolute Gasteiger partial charge is 0.491 e. The Labute approximate surface area is 105 Å². The van der Waals surface area contributed by atoms with Gasteiger partial charge in [-0.1, -0.05) is 15.9 Å². The first-order chi connectivity index (χ1) is 7.54. The number of hydrogen-bond acceptors (Lipinski definition) is 3. The average Bonchev–Trinajstić information content (AvgIpc) is 2.26. The Morgan fingerprint density at radius 3 is 2.62 bits per heavy atom. The van der Waals surface area contributed by atoms with Gasteiger partial charge in [-0.15, -0.1) is 0 Å². The van der Waals surface area contributed by atoms with Crippen LogP contribution in [-0.4, -0.2) is 19.8 Å². The smallest absolute Gasteiger partial charge is 0.124 e. The van der Waals surface area contributed by atoms with Crippen molar-refractivity contribution >= 4 is 15.9 Å². The van der Waals surface area contributed by atoms with Crippen molar-refractivity contribution in [2.45, 2.75) is 26.0 Å². The summed E-state index contributed by atoms with van der Waals surface area (Å²) in [6, 6.07) is 5.80. The van der Waals surface area contributed by atoms with Crippen molar-refractivity contribution in [3.8, 4) is 5.75 Å². The highest BCUT2D eigenvalue weighted by Crippen LogP contribution is 2.27. The molecule has 2 atom stereocenters. The van der Waals surface area contributed by atoms with Crippen LogP contribution in [0.3, 0.4) is 0 Å². The number of halogens is 1. The number of nitrogens with two attached hydrogens (primary N) is 1. The van der Waals surface area contributed by atoms with Crippen molar-refractivity contribution in [3.05, 3.63) is 28.2 Å². The van der Waals surface area contributed by atoms with E-state index >= 15 is 0 Å². The summed E-state index contributed by atoms with van der Waals surface area (Å²) in [5.74, 6) is 0.821. The van der Waals surface area contributed by atoms with Gasteiger partial charge in [-0.2, -0.15) is 0 Å². The molecule has 2 N–H and O–H groups in total. The lowest BCUT2D eigenvalue weighted by molar-refractivity contribution is 0.0712. The lowest BCUT2D eigenvalue weighted by Gasteiger charge is -2.16. The molecule has 1 aromatic carbocycles. The molecule has 1 aromatic rings. The average molecular weight is 288 g/mol. The van der Waals surface area contributed by atoms with E-state index in [9.17, 15) is 0 Å². The number of benzene rings is 1. The first kappa shape index (κ1) is 13.5. The summed E-state index contributed by atoms with van der Waals surface area (Å²) >= 11 is 3.42. The number of rotatable bonds is 5. The highest BCUT2D eigenvalue weighted by atomic mass is 79.9. The molecular formula is C12H18BrNO2. The monoisotopic (exact) mass is 287 g/mol. The van der Waals surface area contributed by atoms with Crippen LogP contribution < -0.4 is 10.5 Å². The molecule has 0 aromatic heterocycles. The zero-order valence-corrected chi connectivity index (χ0v) is 11.5. The van der Waals surface area contributed by atoms with E-state index in [-0.39, 0.29) is 12.1 Å². The second-order valence-corrected chi connectivity index (χ2v) is 4.74. The summed E-state index contributed by atoms with van der Waals surface area (Å²) in [6.45, 7) is 4.43. The van der Waals surface area contributed by atoms with Crippen LogP contribution in [0.5, 0.6) is 5.75 Å². The molecule has 1 unspecified atom stereocenters. The zero-order chi connectivity index (χ0) is 12.1. The van der Waals surface area contributed by atoms with E-state index in [2.05, 4.69) is 15.9 Å². The van der Waals surface area contributed by atoms with Crippen LogP contribution >= 0.6 is 15.9 Å². The first-order valence-electron chi connectivity index (χ1n) is 5.25. The zero-order valence-electron chi connectivity index (χ0n) is 9.87. The van der Waals surface area contributed by atoms with Crippen molar-refractivity contribution in [2.24, 2.45) is 5.73 Å². The summed E-state index contributed by atoms with van der Waals surface area (Å²) in [6.07, 6.45) is 0.0737. The minimum atomic E-state index is -0.0506. The number of ether oxygens (including phenoxy) is 2. The number of methoxy groups -OCH3 is 1. The van der Waals surface area contributed by atoms with Crippen molar-refractivity contribution in [1.29, 1.82) is 0 Å². The molecule has 0 spiro atoms. The predicted octanol–water partition coefficient (Wildman–Crippen LogP) is 2.88. The second kappa shape index (κ2) is 6.23. The highest BCUT2D eigenvalue weighted by Gasteiger charge is 2.10. The summed E-state index contributed by atoms with van der Waals surface area (Å²) in [7, 11) is 1.67. The van der Waals surface area contributed by atoms with Crippen molar-refractivity contribution in [1.82, 2.24) is 0 Å². The van der Waals surface area contributed by atoms with Gasteiger partial charge in [-0.05, 0) is 32.0 Å². The maximum Gasteiger partial charge on any atom is 0.124 e. The van der Waals surface area contributed by atoms with Crippen LogP contribution in [0.1, 0.15) is 25.5 Å². The van der Waals surface area contributed by atoms with Gasteiger partial charge in [0.1, 0.15) is 12.4 Å². The topological polar surface area (TPSA) is 44.5 Å². The van der Waals surface area contributed by atoms with Crippen LogP contribution in [0.15, 0.2) is 22.7 Å². The Kier molecular flexibility index (Phi) is 5.25. The summed E-state index contributed by atoms with van der Waals surface area (Å²) in [5.41, 5.74) is 6.89. The van der Waals surface area contributed by atoms with Gasteiger partial charge < -0.3 is 15.2 Å². The van der Waals surface area contributed by atoms with Gasteiger partial charge in [0.25, 0.3) is 0 Å². The fraction of sp³-hybridized carbons (Fsp3) is 0.500. The van der Waals surface area contributed by atoms with E-state index in [1.807, 2.05) is 32.0 Å². The van der Waals surface area contributed by atoms with E-state index in [4.69, 9.17) is 15.2 Å². The molecule has 0 amide bonds. The molecule has 0 aliphatic heterocycles. The third-order valence-electron chi connectivity index (χ3n) is 2.34. The molecule has 0 radical (unpaired) electrons. The van der Waals surface area contributed by atoms with Crippen LogP contribution in [0.2, 0.25) is 0 Å². The van der Waals surface area contributed by atoms with Gasteiger partial charge in [0.15, 0.2) is 0 Å². The maximum atomic E-state index is 5.89. The summed E-state index contributed by atoms with van der Waals surface area (Å²) < 4.78 is 11.8. The standard InChI is InChI=1S/C12H18BrNO2/c1-8(15-3)7-16-12-5-4-10(13)6-11(12)9(2)14/h4-6,8-9H,7,14H2,1-3H3/t8?,9-/m0/s1. The third kappa shape index (κ3) is 3.77. The molecule has 0 heterocycles.